The zero-order chi connectivity index (χ0) is 23.3. The molecule has 4 amide bonds. The number of nitrogens with zero attached hydrogens (tertiary/aromatic N) is 2. The number of hydrogen-bond donors (Lipinski definition) is 2. The van der Waals surface area contributed by atoms with Crippen molar-refractivity contribution in [3.05, 3.63) is 70.9 Å². The minimum absolute atomic E-state index is 0.0677. The Morgan fingerprint density at radius 1 is 1.12 bits per heavy atom. The molecule has 0 atom stereocenters. The number of primary amides is 1. The van der Waals surface area contributed by atoms with Gasteiger partial charge in [-0.25, -0.2) is 9.79 Å². The fraction of sp³-hybridized carbons (Fsp3) is 0.250. The van der Waals surface area contributed by atoms with E-state index < -0.39 is 11.9 Å². The lowest BCUT2D eigenvalue weighted by Gasteiger charge is -2.18. The first-order valence-electron chi connectivity index (χ1n) is 10.3. The number of carbonyl (C=O) groups excluding carboxylic acids is 3. The Morgan fingerprint density at radius 3 is 2.38 bits per heavy atom. The summed E-state index contributed by atoms with van der Waals surface area (Å²) in [6.07, 6.45) is 1.83. The number of amidine groups is 1. The fourth-order valence-corrected chi connectivity index (χ4v) is 4.03. The first-order chi connectivity index (χ1) is 15.2. The molecule has 0 bridgehead atoms. The van der Waals surface area contributed by atoms with Crippen LogP contribution >= 0.6 is 11.8 Å². The molecule has 0 aromatic heterocycles. The fourth-order valence-electron chi connectivity index (χ4n) is 3.08. The summed E-state index contributed by atoms with van der Waals surface area (Å²) in [4.78, 5) is 41.8. The van der Waals surface area contributed by atoms with Crippen molar-refractivity contribution >= 4 is 46.5 Å². The second-order valence-electron chi connectivity index (χ2n) is 7.73. The van der Waals surface area contributed by atoms with Gasteiger partial charge in [-0.05, 0) is 42.2 Å². The second-order valence-corrected chi connectivity index (χ2v) is 8.79. The molecule has 166 valence electrons. The van der Waals surface area contributed by atoms with Crippen LogP contribution < -0.4 is 16.0 Å². The number of nitrogens with two attached hydrogens (primary N) is 1. The predicted molar refractivity (Wildman–Crippen MR) is 129 cm³/mol. The molecule has 1 aliphatic heterocycles. The number of carbonyl (C=O) groups is 3. The third-order valence-corrected chi connectivity index (χ3v) is 5.79. The number of urea groups is 1. The summed E-state index contributed by atoms with van der Waals surface area (Å²) in [5, 5.41) is 2.52. The molecule has 0 fully saturated rings. The van der Waals surface area contributed by atoms with Crippen LogP contribution in [0.15, 0.2) is 59.2 Å². The summed E-state index contributed by atoms with van der Waals surface area (Å²) in [5.74, 6) is 0.0579. The van der Waals surface area contributed by atoms with Crippen molar-refractivity contribution in [1.29, 1.82) is 0 Å². The standard InChI is InChI=1S/C24H26N4O3S/c1-15(2)18-8-6-17(7-9-18)14-20-22(30)28(19-10-4-16(3)5-11-19)24(26-20)32-13-12-21(29)27-23(25)31/h4-11,14-15H,12-13H2,1-3H3,(H3,25,27,29,31)/b20-14-. The number of thioether (sulfide) groups is 1. The van der Waals surface area contributed by atoms with Crippen molar-refractivity contribution in [2.24, 2.45) is 10.7 Å². The van der Waals surface area contributed by atoms with E-state index in [1.807, 2.05) is 60.8 Å². The van der Waals surface area contributed by atoms with E-state index in [2.05, 4.69) is 18.8 Å². The number of imide groups is 1. The van der Waals surface area contributed by atoms with E-state index in [0.29, 0.717) is 28.2 Å². The molecule has 2 aromatic carbocycles. The summed E-state index contributed by atoms with van der Waals surface area (Å²) in [6, 6.07) is 14.7. The van der Waals surface area contributed by atoms with Gasteiger partial charge in [0, 0.05) is 12.2 Å². The van der Waals surface area contributed by atoms with Gasteiger partial charge in [-0.15, -0.1) is 0 Å². The van der Waals surface area contributed by atoms with Crippen molar-refractivity contribution in [3.63, 3.8) is 0 Å². The number of anilines is 1. The SMILES string of the molecule is Cc1ccc(N2C(=O)/C(=C/c3ccc(C(C)C)cc3)N=C2SCCC(=O)NC(N)=O)cc1. The molecule has 0 unspecified atom stereocenters. The molecule has 32 heavy (non-hydrogen) atoms. The monoisotopic (exact) mass is 450 g/mol. The summed E-state index contributed by atoms with van der Waals surface area (Å²) >= 11 is 1.27. The highest BCUT2D eigenvalue weighted by Crippen LogP contribution is 2.30. The van der Waals surface area contributed by atoms with Crippen LogP contribution in [0.4, 0.5) is 10.5 Å². The van der Waals surface area contributed by atoms with Crippen LogP contribution in [-0.4, -0.2) is 28.8 Å². The van der Waals surface area contributed by atoms with Gasteiger partial charge in [0.15, 0.2) is 5.17 Å². The topological polar surface area (TPSA) is 105 Å². The van der Waals surface area contributed by atoms with Crippen molar-refractivity contribution in [3.8, 4) is 0 Å². The molecular formula is C24H26N4O3S. The maximum Gasteiger partial charge on any atom is 0.318 e. The quantitative estimate of drug-likeness (QED) is 0.644. The first-order valence-corrected chi connectivity index (χ1v) is 11.3. The highest BCUT2D eigenvalue weighted by Gasteiger charge is 2.32. The molecule has 1 heterocycles. The van der Waals surface area contributed by atoms with Gasteiger partial charge >= 0.3 is 6.03 Å². The Labute approximate surface area is 191 Å². The molecule has 0 aliphatic carbocycles. The molecule has 3 N–H and O–H groups in total. The van der Waals surface area contributed by atoms with Crippen molar-refractivity contribution < 1.29 is 14.4 Å². The number of rotatable bonds is 6. The van der Waals surface area contributed by atoms with Gasteiger partial charge < -0.3 is 5.73 Å². The molecule has 0 saturated carbocycles. The lowest BCUT2D eigenvalue weighted by Crippen LogP contribution is -2.35. The van der Waals surface area contributed by atoms with Gasteiger partial charge in [-0.1, -0.05) is 67.6 Å². The molecule has 1 aliphatic rings. The Kier molecular flexibility index (Phi) is 7.48. The van der Waals surface area contributed by atoms with Gasteiger partial charge in [0.1, 0.15) is 5.70 Å². The van der Waals surface area contributed by atoms with Crippen LogP contribution in [0.3, 0.4) is 0 Å². The van der Waals surface area contributed by atoms with E-state index in [4.69, 9.17) is 5.73 Å². The smallest absolute Gasteiger partial charge is 0.318 e. The van der Waals surface area contributed by atoms with Gasteiger partial charge in [0.2, 0.25) is 5.91 Å². The Balaban J connectivity index is 1.84. The zero-order valence-corrected chi connectivity index (χ0v) is 19.1. The lowest BCUT2D eigenvalue weighted by molar-refractivity contribution is -0.119. The average molecular weight is 451 g/mol. The molecule has 2 aromatic rings. The molecular weight excluding hydrogens is 424 g/mol. The van der Waals surface area contributed by atoms with Crippen LogP contribution in [0.1, 0.15) is 42.9 Å². The molecule has 8 heteroatoms. The maximum absolute atomic E-state index is 13.2. The summed E-state index contributed by atoms with van der Waals surface area (Å²) in [5.41, 5.74) is 9.19. The molecule has 0 spiro atoms. The van der Waals surface area contributed by atoms with Gasteiger partial charge in [-0.2, -0.15) is 0 Å². The van der Waals surface area contributed by atoms with Crippen molar-refractivity contribution in [1.82, 2.24) is 5.32 Å². The largest absolute Gasteiger partial charge is 0.351 e. The highest BCUT2D eigenvalue weighted by molar-refractivity contribution is 8.14. The number of benzene rings is 2. The van der Waals surface area contributed by atoms with Crippen LogP contribution in [0.2, 0.25) is 0 Å². The number of aliphatic imine (C=N–C) groups is 1. The van der Waals surface area contributed by atoms with E-state index in [9.17, 15) is 14.4 Å². The number of aryl methyl sites for hydroxylation is 1. The van der Waals surface area contributed by atoms with Gasteiger partial charge in [0.25, 0.3) is 5.91 Å². The second kappa shape index (κ2) is 10.3. The van der Waals surface area contributed by atoms with E-state index in [1.54, 1.807) is 11.0 Å². The Hall–Kier alpha value is -3.39. The lowest BCUT2D eigenvalue weighted by atomic mass is 10.0. The van der Waals surface area contributed by atoms with Crippen molar-refractivity contribution in [2.45, 2.75) is 33.1 Å². The molecule has 3 rings (SSSR count). The number of nitrogens with one attached hydrogen (secondary N) is 1. The van der Waals surface area contributed by atoms with Crippen LogP contribution in [-0.2, 0) is 9.59 Å². The molecule has 0 saturated heterocycles. The Bertz CT molecular complexity index is 1070. The van der Waals surface area contributed by atoms with E-state index in [1.165, 1.54) is 17.3 Å². The minimum Gasteiger partial charge on any atom is -0.351 e. The third-order valence-electron chi connectivity index (χ3n) is 4.85. The highest BCUT2D eigenvalue weighted by atomic mass is 32.2. The van der Waals surface area contributed by atoms with Crippen LogP contribution in [0.25, 0.3) is 6.08 Å². The van der Waals surface area contributed by atoms with E-state index in [0.717, 1.165) is 11.1 Å². The predicted octanol–water partition coefficient (Wildman–Crippen LogP) is 4.18. The Morgan fingerprint density at radius 2 is 1.78 bits per heavy atom. The summed E-state index contributed by atoms with van der Waals surface area (Å²) in [7, 11) is 0. The van der Waals surface area contributed by atoms with Gasteiger partial charge in [-0.3, -0.25) is 19.8 Å². The third kappa shape index (κ3) is 5.85. The molecule has 7 nitrogen and oxygen atoms in total. The summed E-state index contributed by atoms with van der Waals surface area (Å²) in [6.45, 7) is 6.23. The number of hydrogen-bond acceptors (Lipinski definition) is 5. The molecule has 0 radical (unpaired) electrons. The minimum atomic E-state index is -0.886. The summed E-state index contributed by atoms with van der Waals surface area (Å²) < 4.78 is 0. The average Bonchev–Trinajstić information content (AvgIpc) is 3.03. The number of amides is 4. The first kappa shape index (κ1) is 23.3. The van der Waals surface area contributed by atoms with E-state index >= 15 is 0 Å². The maximum atomic E-state index is 13.2. The van der Waals surface area contributed by atoms with Gasteiger partial charge in [0.05, 0.1) is 5.69 Å². The van der Waals surface area contributed by atoms with Crippen LogP contribution in [0, 0.1) is 6.92 Å². The van der Waals surface area contributed by atoms with E-state index in [-0.39, 0.29) is 12.3 Å². The zero-order valence-electron chi connectivity index (χ0n) is 18.3. The van der Waals surface area contributed by atoms with Crippen LogP contribution in [0.5, 0.6) is 0 Å². The normalized spacial score (nSPS) is 14.8. The van der Waals surface area contributed by atoms with Crippen molar-refractivity contribution in [2.75, 3.05) is 10.7 Å².